The Labute approximate surface area is 228 Å². The van der Waals surface area contributed by atoms with Crippen LogP contribution in [0.4, 0.5) is 5.69 Å². The molecule has 0 radical (unpaired) electrons. The Hall–Kier alpha value is -3.30. The number of aromatic nitrogens is 2. The van der Waals surface area contributed by atoms with Crippen LogP contribution in [0.15, 0.2) is 65.8 Å². The van der Waals surface area contributed by atoms with Crippen LogP contribution in [0.2, 0.25) is 5.02 Å². The van der Waals surface area contributed by atoms with Crippen LogP contribution in [0.3, 0.4) is 0 Å². The van der Waals surface area contributed by atoms with Gasteiger partial charge in [0.15, 0.2) is 0 Å². The minimum atomic E-state index is -4.04. The number of nitrogens with one attached hydrogen (secondary N) is 1. The molecular formula is C28H31ClN4O4S. The Morgan fingerprint density at radius 2 is 1.89 bits per heavy atom. The van der Waals surface area contributed by atoms with Crippen LogP contribution in [0.5, 0.6) is 5.75 Å². The quantitative estimate of drug-likeness (QED) is 0.393. The average molecular weight is 555 g/mol. The van der Waals surface area contributed by atoms with E-state index in [9.17, 15) is 13.2 Å². The number of fused-ring (bicyclic) bond motifs is 4. The Kier molecular flexibility index (Phi) is 8.04. The maximum absolute atomic E-state index is 13.1. The number of aryl methyl sites for hydroxylation is 1. The number of carbonyl (C=O) groups excluding carboxylic acids is 1. The molecule has 0 fully saturated rings. The number of rotatable bonds is 0. The molecule has 0 atom stereocenters. The molecule has 8 nitrogen and oxygen atoms in total. The Morgan fingerprint density at radius 3 is 2.79 bits per heavy atom. The highest BCUT2D eigenvalue weighted by molar-refractivity contribution is 7.90. The van der Waals surface area contributed by atoms with Crippen molar-refractivity contribution in [1.29, 1.82) is 0 Å². The molecular weight excluding hydrogens is 524 g/mol. The number of anilines is 1. The van der Waals surface area contributed by atoms with Crippen molar-refractivity contribution in [3.63, 3.8) is 0 Å². The summed E-state index contributed by atoms with van der Waals surface area (Å²) < 4.78 is 36.7. The lowest BCUT2D eigenvalue weighted by Crippen LogP contribution is -2.31. The Balaban J connectivity index is 1.55. The summed E-state index contributed by atoms with van der Waals surface area (Å²) in [5, 5.41) is 5.19. The van der Waals surface area contributed by atoms with Crippen LogP contribution in [0.25, 0.3) is 0 Å². The first kappa shape index (κ1) is 26.3. The maximum atomic E-state index is 13.1. The molecule has 0 unspecified atom stereocenters. The van der Waals surface area contributed by atoms with Gasteiger partial charge in [0.2, 0.25) is 5.91 Å². The lowest BCUT2D eigenvalue weighted by molar-refractivity contribution is -0.119. The molecule has 2 aliphatic rings. The molecule has 0 aliphatic carbocycles. The number of nitrogens with zero attached hydrogens (tertiary/aromatic N) is 3. The third-order valence-corrected chi connectivity index (χ3v) is 8.41. The topological polar surface area (TPSA) is 93.5 Å². The van der Waals surface area contributed by atoms with E-state index in [4.69, 9.17) is 16.3 Å². The summed E-state index contributed by atoms with van der Waals surface area (Å²) in [5.41, 5.74) is 3.89. The minimum Gasteiger partial charge on any atom is -0.487 e. The normalized spacial score (nSPS) is 19.2. The van der Waals surface area contributed by atoms with Gasteiger partial charge in [-0.3, -0.25) is 9.48 Å². The van der Waals surface area contributed by atoms with Crippen LogP contribution in [-0.2, 0) is 40.9 Å². The van der Waals surface area contributed by atoms with Crippen LogP contribution < -0.4 is 14.4 Å². The van der Waals surface area contributed by atoms with Crippen LogP contribution in [-0.4, -0.2) is 30.7 Å². The van der Waals surface area contributed by atoms with Crippen molar-refractivity contribution in [3.05, 3.63) is 82.7 Å². The zero-order valence-corrected chi connectivity index (χ0v) is 22.7. The first-order chi connectivity index (χ1) is 18.4. The van der Waals surface area contributed by atoms with Gasteiger partial charge in [0.1, 0.15) is 12.4 Å². The van der Waals surface area contributed by atoms with E-state index >= 15 is 0 Å². The van der Waals surface area contributed by atoms with Gasteiger partial charge in [0.05, 0.1) is 23.3 Å². The van der Waals surface area contributed by atoms with Gasteiger partial charge in [-0.05, 0) is 73.6 Å². The summed E-state index contributed by atoms with van der Waals surface area (Å²) in [4.78, 5) is 14.6. The van der Waals surface area contributed by atoms with Gasteiger partial charge in [-0.15, -0.1) is 0 Å². The SMILES string of the molecule is O=C1CCC/C=C/Cn2cc(cn2)CN2CCCCc3cc(Cl)ccc3COc3ccc(cc32)S(=O)(=O)N1. The number of amides is 1. The van der Waals surface area contributed by atoms with Crippen molar-refractivity contribution in [1.82, 2.24) is 14.5 Å². The van der Waals surface area contributed by atoms with Gasteiger partial charge in [-0.2, -0.15) is 5.10 Å². The number of hydrogen-bond donors (Lipinski definition) is 1. The maximum Gasteiger partial charge on any atom is 0.264 e. The molecule has 0 spiro atoms. The number of halogens is 1. The van der Waals surface area contributed by atoms with E-state index in [1.807, 2.05) is 47.4 Å². The summed E-state index contributed by atoms with van der Waals surface area (Å²) in [6.45, 7) is 2.19. The third-order valence-electron chi connectivity index (χ3n) is 6.80. The molecule has 4 bridgehead atoms. The predicted molar refractivity (Wildman–Crippen MR) is 147 cm³/mol. The van der Waals surface area contributed by atoms with Crippen molar-refractivity contribution in [2.24, 2.45) is 0 Å². The summed E-state index contributed by atoms with van der Waals surface area (Å²) in [5.74, 6) is 0.0604. The fraction of sp³-hybridized carbons (Fsp3) is 0.357. The molecule has 10 heteroatoms. The van der Waals surface area contributed by atoms with Gasteiger partial charge in [-0.1, -0.05) is 29.8 Å². The highest BCUT2D eigenvalue weighted by atomic mass is 35.5. The first-order valence-electron chi connectivity index (χ1n) is 12.9. The number of carbonyl (C=O) groups is 1. The van der Waals surface area contributed by atoms with Crippen molar-refractivity contribution >= 4 is 33.2 Å². The number of ether oxygens (including phenoxy) is 1. The highest BCUT2D eigenvalue weighted by Crippen LogP contribution is 2.34. The second-order valence-electron chi connectivity index (χ2n) is 9.67. The largest absolute Gasteiger partial charge is 0.487 e. The fourth-order valence-corrected chi connectivity index (χ4v) is 6.04. The summed E-state index contributed by atoms with van der Waals surface area (Å²) in [7, 11) is -4.04. The molecule has 0 saturated carbocycles. The fourth-order valence-electron chi connectivity index (χ4n) is 4.81. The van der Waals surface area contributed by atoms with Crippen molar-refractivity contribution in [3.8, 4) is 5.75 Å². The second-order valence-corrected chi connectivity index (χ2v) is 11.8. The van der Waals surface area contributed by atoms with Crippen molar-refractivity contribution in [2.75, 3.05) is 11.4 Å². The van der Waals surface area contributed by atoms with Gasteiger partial charge in [0.25, 0.3) is 10.0 Å². The van der Waals surface area contributed by atoms with Crippen LogP contribution in [0.1, 0.15) is 48.8 Å². The molecule has 2 aliphatic heterocycles. The molecule has 0 saturated heterocycles. The molecule has 3 aromatic rings. The zero-order chi connectivity index (χ0) is 26.5. The lowest BCUT2D eigenvalue weighted by atomic mass is 10.0. The average Bonchev–Trinajstić information content (AvgIpc) is 3.32. The number of benzene rings is 2. The summed E-state index contributed by atoms with van der Waals surface area (Å²) >= 11 is 6.27. The number of allylic oxidation sites excluding steroid dienone is 2. The highest BCUT2D eigenvalue weighted by Gasteiger charge is 2.23. The smallest absolute Gasteiger partial charge is 0.264 e. The van der Waals surface area contributed by atoms with E-state index in [2.05, 4.69) is 14.7 Å². The third kappa shape index (κ3) is 6.39. The van der Waals surface area contributed by atoms with Gasteiger partial charge < -0.3 is 9.64 Å². The molecule has 38 heavy (non-hydrogen) atoms. The van der Waals surface area contributed by atoms with Crippen LogP contribution >= 0.6 is 11.6 Å². The number of hydrogen-bond acceptors (Lipinski definition) is 6. The summed E-state index contributed by atoms with van der Waals surface area (Å²) in [6.07, 6.45) is 11.9. The van der Waals surface area contributed by atoms with E-state index < -0.39 is 15.9 Å². The van der Waals surface area contributed by atoms with Crippen molar-refractivity contribution in [2.45, 2.75) is 63.1 Å². The number of sulfonamides is 1. The molecule has 200 valence electrons. The molecule has 1 N–H and O–H groups in total. The predicted octanol–water partition coefficient (Wildman–Crippen LogP) is 5.00. The van der Waals surface area contributed by atoms with E-state index in [0.29, 0.717) is 55.5 Å². The van der Waals surface area contributed by atoms with Gasteiger partial charge in [-0.25, -0.2) is 13.1 Å². The van der Waals surface area contributed by atoms with E-state index in [0.717, 1.165) is 36.0 Å². The van der Waals surface area contributed by atoms with E-state index in [1.165, 1.54) is 6.07 Å². The van der Waals surface area contributed by atoms with Crippen LogP contribution in [0, 0.1) is 0 Å². The van der Waals surface area contributed by atoms with Crippen molar-refractivity contribution < 1.29 is 17.9 Å². The Morgan fingerprint density at radius 1 is 1.00 bits per heavy atom. The molecule has 2 aromatic carbocycles. The first-order valence-corrected chi connectivity index (χ1v) is 14.7. The Bertz CT molecular complexity index is 1450. The standard InChI is InChI=1S/C28H31ClN4O4S/c29-24-10-9-23-20-37-27-12-11-25-16-26(27)32(13-6-4-7-22(23)15-24)18-21-17-30-33(19-21)14-5-2-1-3-8-28(34)31-38(25,35)36/h2,5,9-12,15-17,19H,1,3-4,6-8,13-14,18,20H2,(H,31,34)/b5-2+. The minimum absolute atomic E-state index is 0.0279. The van der Waals surface area contributed by atoms with E-state index in [1.54, 1.807) is 12.1 Å². The molecule has 1 amide bonds. The van der Waals surface area contributed by atoms with E-state index in [-0.39, 0.29) is 11.3 Å². The lowest BCUT2D eigenvalue weighted by Gasteiger charge is -2.27. The molecule has 5 rings (SSSR count). The zero-order valence-electron chi connectivity index (χ0n) is 21.1. The molecule has 1 aromatic heterocycles. The summed E-state index contributed by atoms with van der Waals surface area (Å²) in [6, 6.07) is 10.6. The molecule has 3 heterocycles. The second kappa shape index (κ2) is 11.6. The monoisotopic (exact) mass is 554 g/mol. The van der Waals surface area contributed by atoms with Gasteiger partial charge in [0, 0.05) is 36.3 Å². The van der Waals surface area contributed by atoms with Gasteiger partial charge >= 0.3 is 0 Å².